The van der Waals surface area contributed by atoms with Gasteiger partial charge in [-0.2, -0.15) is 0 Å². The Labute approximate surface area is 90.7 Å². The van der Waals surface area contributed by atoms with E-state index < -0.39 is 5.60 Å². The van der Waals surface area contributed by atoms with Gasteiger partial charge in [0.05, 0.1) is 5.60 Å². The molecule has 1 aromatic carbocycles. The Hall–Kier alpha value is -1.54. The minimum atomic E-state index is -0.906. The zero-order valence-corrected chi connectivity index (χ0v) is 8.82. The second-order valence-electron chi connectivity index (χ2n) is 3.64. The second-order valence-corrected chi connectivity index (χ2v) is 3.64. The Kier molecular flexibility index (Phi) is 3.69. The Morgan fingerprint density at radius 2 is 1.60 bits per heavy atom. The van der Waals surface area contributed by atoms with E-state index in [4.69, 9.17) is 5.73 Å². The molecule has 0 atom stereocenters. The number of nitrogen functional groups attached to an aromatic ring is 1. The third kappa shape index (κ3) is 2.70. The molecule has 0 aliphatic heterocycles. The highest BCUT2D eigenvalue weighted by atomic mass is 16.3. The number of aliphatic hydroxyl groups is 1. The molecule has 0 aliphatic carbocycles. The molecular weight excluding hydrogens is 186 g/mol. The standard InChI is InChI=1S/C13H17NO/c1-3-9-13(15,10-4-2)11-5-7-12(14)8-6-11/h3-8,15H,1-2,9-10,14H2. The molecule has 3 N–H and O–H groups in total. The maximum Gasteiger partial charge on any atom is 0.0964 e. The summed E-state index contributed by atoms with van der Waals surface area (Å²) in [5, 5.41) is 10.4. The fraction of sp³-hybridized carbons (Fsp3) is 0.231. The Balaban J connectivity index is 3.02. The highest BCUT2D eigenvalue weighted by molar-refractivity contribution is 5.41. The van der Waals surface area contributed by atoms with Gasteiger partial charge in [0.2, 0.25) is 0 Å². The predicted molar refractivity (Wildman–Crippen MR) is 64.4 cm³/mol. The van der Waals surface area contributed by atoms with Gasteiger partial charge in [0.1, 0.15) is 0 Å². The minimum Gasteiger partial charge on any atom is -0.399 e. The third-order valence-corrected chi connectivity index (χ3v) is 2.41. The summed E-state index contributed by atoms with van der Waals surface area (Å²) >= 11 is 0. The van der Waals surface area contributed by atoms with Crippen LogP contribution in [0.15, 0.2) is 49.6 Å². The van der Waals surface area contributed by atoms with Crippen LogP contribution in [0.2, 0.25) is 0 Å². The number of hydrogen-bond donors (Lipinski definition) is 2. The van der Waals surface area contributed by atoms with E-state index in [2.05, 4.69) is 13.2 Å². The van der Waals surface area contributed by atoms with Crippen LogP contribution in [-0.4, -0.2) is 5.11 Å². The molecule has 15 heavy (non-hydrogen) atoms. The van der Waals surface area contributed by atoms with Crippen molar-refractivity contribution < 1.29 is 5.11 Å². The summed E-state index contributed by atoms with van der Waals surface area (Å²) in [6.07, 6.45) is 4.42. The average Bonchev–Trinajstić information content (AvgIpc) is 2.19. The molecule has 0 bridgehead atoms. The summed E-state index contributed by atoms with van der Waals surface area (Å²) in [5.41, 5.74) is 6.23. The molecule has 0 amide bonds. The molecule has 0 aromatic heterocycles. The van der Waals surface area contributed by atoms with Crippen molar-refractivity contribution in [2.24, 2.45) is 0 Å². The number of nitrogens with two attached hydrogens (primary N) is 1. The van der Waals surface area contributed by atoms with Crippen molar-refractivity contribution in [2.45, 2.75) is 18.4 Å². The first-order valence-corrected chi connectivity index (χ1v) is 4.92. The molecule has 0 saturated heterocycles. The molecule has 0 heterocycles. The van der Waals surface area contributed by atoms with Crippen LogP contribution in [0.1, 0.15) is 18.4 Å². The molecule has 0 unspecified atom stereocenters. The van der Waals surface area contributed by atoms with Crippen LogP contribution in [0, 0.1) is 0 Å². The molecule has 0 aliphatic rings. The Bertz CT molecular complexity index is 330. The fourth-order valence-corrected chi connectivity index (χ4v) is 1.59. The summed E-state index contributed by atoms with van der Waals surface area (Å²) in [6, 6.07) is 7.24. The van der Waals surface area contributed by atoms with Crippen LogP contribution in [0.25, 0.3) is 0 Å². The summed E-state index contributed by atoms with van der Waals surface area (Å²) < 4.78 is 0. The molecule has 1 aromatic rings. The van der Waals surface area contributed by atoms with Crippen molar-refractivity contribution >= 4 is 5.69 Å². The van der Waals surface area contributed by atoms with E-state index in [9.17, 15) is 5.11 Å². The normalized spacial score (nSPS) is 11.0. The number of rotatable bonds is 5. The van der Waals surface area contributed by atoms with E-state index in [-0.39, 0.29) is 0 Å². The van der Waals surface area contributed by atoms with Crippen LogP contribution < -0.4 is 5.73 Å². The van der Waals surface area contributed by atoms with Crippen LogP contribution in [0.3, 0.4) is 0 Å². The van der Waals surface area contributed by atoms with Gasteiger partial charge < -0.3 is 10.8 Å². The van der Waals surface area contributed by atoms with Crippen molar-refractivity contribution in [1.82, 2.24) is 0 Å². The van der Waals surface area contributed by atoms with Gasteiger partial charge in [0.15, 0.2) is 0 Å². The monoisotopic (exact) mass is 203 g/mol. The maximum absolute atomic E-state index is 10.4. The van der Waals surface area contributed by atoms with Crippen molar-refractivity contribution in [3.63, 3.8) is 0 Å². The quantitative estimate of drug-likeness (QED) is 0.570. The van der Waals surface area contributed by atoms with E-state index in [0.29, 0.717) is 18.5 Å². The van der Waals surface area contributed by atoms with Crippen LogP contribution in [0.5, 0.6) is 0 Å². The van der Waals surface area contributed by atoms with E-state index >= 15 is 0 Å². The number of hydrogen-bond acceptors (Lipinski definition) is 2. The van der Waals surface area contributed by atoms with E-state index in [0.717, 1.165) is 5.56 Å². The topological polar surface area (TPSA) is 46.2 Å². The van der Waals surface area contributed by atoms with Crippen molar-refractivity contribution in [3.8, 4) is 0 Å². The maximum atomic E-state index is 10.4. The molecule has 2 heteroatoms. The zero-order valence-electron chi connectivity index (χ0n) is 8.82. The van der Waals surface area contributed by atoms with Gasteiger partial charge in [0, 0.05) is 5.69 Å². The van der Waals surface area contributed by atoms with E-state index in [1.54, 1.807) is 24.3 Å². The van der Waals surface area contributed by atoms with E-state index in [1.165, 1.54) is 0 Å². The number of benzene rings is 1. The second kappa shape index (κ2) is 4.80. The number of anilines is 1. The first-order chi connectivity index (χ1) is 7.12. The smallest absolute Gasteiger partial charge is 0.0964 e. The predicted octanol–water partition coefficient (Wildman–Crippen LogP) is 2.61. The summed E-state index contributed by atoms with van der Waals surface area (Å²) in [5.74, 6) is 0. The SMILES string of the molecule is C=CCC(O)(CC=C)c1ccc(N)cc1. The lowest BCUT2D eigenvalue weighted by Gasteiger charge is -2.26. The lowest BCUT2D eigenvalue weighted by molar-refractivity contribution is 0.0430. The molecule has 80 valence electrons. The van der Waals surface area contributed by atoms with Crippen LogP contribution in [-0.2, 0) is 5.60 Å². The Morgan fingerprint density at radius 3 is 2.00 bits per heavy atom. The minimum absolute atomic E-state index is 0.503. The van der Waals surface area contributed by atoms with Crippen LogP contribution in [0.4, 0.5) is 5.69 Å². The summed E-state index contributed by atoms with van der Waals surface area (Å²) in [6.45, 7) is 7.30. The largest absolute Gasteiger partial charge is 0.399 e. The first-order valence-electron chi connectivity index (χ1n) is 4.92. The van der Waals surface area contributed by atoms with Crippen molar-refractivity contribution in [1.29, 1.82) is 0 Å². The van der Waals surface area contributed by atoms with Gasteiger partial charge in [0.25, 0.3) is 0 Å². The first kappa shape index (κ1) is 11.5. The molecular formula is C13H17NO. The van der Waals surface area contributed by atoms with Gasteiger partial charge in [-0.05, 0) is 30.5 Å². The van der Waals surface area contributed by atoms with Gasteiger partial charge in [-0.25, -0.2) is 0 Å². The highest BCUT2D eigenvalue weighted by Gasteiger charge is 2.25. The third-order valence-electron chi connectivity index (χ3n) is 2.41. The lowest BCUT2D eigenvalue weighted by atomic mass is 9.87. The fourth-order valence-electron chi connectivity index (χ4n) is 1.59. The average molecular weight is 203 g/mol. The molecule has 0 fully saturated rings. The van der Waals surface area contributed by atoms with Crippen molar-refractivity contribution in [3.05, 3.63) is 55.1 Å². The van der Waals surface area contributed by atoms with Crippen LogP contribution >= 0.6 is 0 Å². The summed E-state index contributed by atoms with van der Waals surface area (Å²) in [4.78, 5) is 0. The molecule has 1 rings (SSSR count). The molecule has 2 nitrogen and oxygen atoms in total. The molecule has 0 saturated carbocycles. The Morgan fingerprint density at radius 1 is 1.13 bits per heavy atom. The van der Waals surface area contributed by atoms with Gasteiger partial charge in [-0.15, -0.1) is 13.2 Å². The van der Waals surface area contributed by atoms with Gasteiger partial charge in [-0.1, -0.05) is 24.3 Å². The summed E-state index contributed by atoms with van der Waals surface area (Å²) in [7, 11) is 0. The van der Waals surface area contributed by atoms with Gasteiger partial charge in [-0.3, -0.25) is 0 Å². The van der Waals surface area contributed by atoms with E-state index in [1.807, 2.05) is 12.1 Å². The lowest BCUT2D eigenvalue weighted by Crippen LogP contribution is -2.24. The van der Waals surface area contributed by atoms with Crippen molar-refractivity contribution in [2.75, 3.05) is 5.73 Å². The van der Waals surface area contributed by atoms with Gasteiger partial charge >= 0.3 is 0 Å². The highest BCUT2D eigenvalue weighted by Crippen LogP contribution is 2.30. The zero-order chi connectivity index (χ0) is 11.3. The molecule has 0 spiro atoms. The molecule has 0 radical (unpaired) electrons.